The summed E-state index contributed by atoms with van der Waals surface area (Å²) in [6, 6.07) is 9.09. The fourth-order valence-corrected chi connectivity index (χ4v) is 2.63. The number of aryl methyl sites for hydroxylation is 1. The average Bonchev–Trinajstić information content (AvgIpc) is 2.65. The van der Waals surface area contributed by atoms with Gasteiger partial charge in [0.25, 0.3) is 0 Å². The molecule has 6 heteroatoms. The Morgan fingerprint density at radius 3 is 2.04 bits per heavy atom. The minimum Gasteiger partial charge on any atom is -0.469 e. The number of carbonyl (C=O) groups excluding carboxylic acids is 3. The van der Waals surface area contributed by atoms with Crippen LogP contribution in [0.5, 0.6) is 0 Å². The van der Waals surface area contributed by atoms with Crippen LogP contribution in [0.3, 0.4) is 0 Å². The van der Waals surface area contributed by atoms with Crippen molar-refractivity contribution in [1.82, 2.24) is 0 Å². The number of ether oxygens (including phenoxy) is 2. The fraction of sp³-hybridized carbons (Fsp3) is 0.526. The van der Waals surface area contributed by atoms with Crippen LogP contribution in [-0.2, 0) is 30.3 Å². The maximum absolute atomic E-state index is 12.6. The second kappa shape index (κ2) is 11.4. The highest BCUT2D eigenvalue weighted by atomic mass is 16.5. The number of rotatable bonds is 11. The van der Waals surface area contributed by atoms with Gasteiger partial charge in [0.2, 0.25) is 0 Å². The highest BCUT2D eigenvalue weighted by Crippen LogP contribution is 2.19. The Morgan fingerprint density at radius 1 is 0.920 bits per heavy atom. The van der Waals surface area contributed by atoms with Crippen molar-refractivity contribution in [1.29, 1.82) is 0 Å². The average molecular weight is 349 g/mol. The highest BCUT2D eigenvalue weighted by Gasteiger charge is 2.25. The summed E-state index contributed by atoms with van der Waals surface area (Å²) in [5.41, 5.74) is 7.08. The van der Waals surface area contributed by atoms with E-state index in [0.717, 1.165) is 12.0 Å². The molecule has 0 bridgehead atoms. The number of hydrogen-bond acceptors (Lipinski definition) is 6. The van der Waals surface area contributed by atoms with Crippen LogP contribution in [0.15, 0.2) is 30.3 Å². The Balaban J connectivity index is 2.65. The van der Waals surface area contributed by atoms with Gasteiger partial charge >= 0.3 is 11.9 Å². The Hall–Kier alpha value is -2.21. The lowest BCUT2D eigenvalue weighted by Gasteiger charge is -2.19. The summed E-state index contributed by atoms with van der Waals surface area (Å²) in [5, 5.41) is 0. The van der Waals surface area contributed by atoms with Crippen LogP contribution in [0.2, 0.25) is 0 Å². The summed E-state index contributed by atoms with van der Waals surface area (Å²) < 4.78 is 9.23. The monoisotopic (exact) mass is 349 g/mol. The van der Waals surface area contributed by atoms with E-state index in [1.807, 2.05) is 30.3 Å². The number of methoxy groups -OCH3 is 2. The summed E-state index contributed by atoms with van der Waals surface area (Å²) in [4.78, 5) is 35.3. The van der Waals surface area contributed by atoms with Crippen LogP contribution in [-0.4, -0.2) is 38.0 Å². The third-order valence-electron chi connectivity index (χ3n) is 4.20. The van der Waals surface area contributed by atoms with Crippen LogP contribution < -0.4 is 5.73 Å². The van der Waals surface area contributed by atoms with E-state index >= 15 is 0 Å². The van der Waals surface area contributed by atoms with Gasteiger partial charge in [0.05, 0.1) is 20.3 Å². The van der Waals surface area contributed by atoms with Gasteiger partial charge < -0.3 is 15.2 Å². The summed E-state index contributed by atoms with van der Waals surface area (Å²) in [7, 11) is 2.62. The van der Waals surface area contributed by atoms with Gasteiger partial charge in [0, 0.05) is 18.8 Å². The number of esters is 2. The number of hydrogen-bond donors (Lipinski definition) is 1. The van der Waals surface area contributed by atoms with E-state index < -0.39 is 12.0 Å². The van der Waals surface area contributed by atoms with Crippen molar-refractivity contribution < 1.29 is 23.9 Å². The summed E-state index contributed by atoms with van der Waals surface area (Å²) in [6.07, 6.45) is 2.24. The van der Waals surface area contributed by atoms with Crippen molar-refractivity contribution in [3.8, 4) is 0 Å². The number of Topliss-reactive ketones (excluding diaryl/α,β-unsaturated/α-hetero) is 1. The molecule has 6 nitrogen and oxygen atoms in total. The Kier molecular flexibility index (Phi) is 9.47. The first kappa shape index (κ1) is 20.8. The van der Waals surface area contributed by atoms with Gasteiger partial charge in [-0.25, -0.2) is 0 Å². The van der Waals surface area contributed by atoms with Gasteiger partial charge in [-0.3, -0.25) is 14.4 Å². The topological polar surface area (TPSA) is 95.7 Å². The lowest BCUT2D eigenvalue weighted by atomic mass is 9.87. The lowest BCUT2D eigenvalue weighted by Crippen LogP contribution is -2.36. The van der Waals surface area contributed by atoms with Crippen molar-refractivity contribution in [3.05, 3.63) is 35.9 Å². The SMILES string of the molecule is COC(=O)CCC(N)C(=O)C(CCC(=O)OC)CCc1ccccc1. The number of carbonyl (C=O) groups is 3. The molecule has 0 saturated heterocycles. The van der Waals surface area contributed by atoms with E-state index in [4.69, 9.17) is 5.73 Å². The summed E-state index contributed by atoms with van der Waals surface area (Å²) in [5.74, 6) is -1.20. The molecule has 0 radical (unpaired) electrons. The van der Waals surface area contributed by atoms with Crippen molar-refractivity contribution in [2.45, 2.75) is 44.6 Å². The van der Waals surface area contributed by atoms with Gasteiger partial charge in [-0.05, 0) is 31.2 Å². The van der Waals surface area contributed by atoms with Crippen molar-refractivity contribution >= 4 is 17.7 Å². The van der Waals surface area contributed by atoms with Crippen molar-refractivity contribution in [2.75, 3.05) is 14.2 Å². The van der Waals surface area contributed by atoms with Crippen molar-refractivity contribution in [3.63, 3.8) is 0 Å². The van der Waals surface area contributed by atoms with E-state index in [1.165, 1.54) is 14.2 Å². The molecule has 0 aliphatic carbocycles. The molecule has 0 aliphatic rings. The Morgan fingerprint density at radius 2 is 1.48 bits per heavy atom. The van der Waals surface area contributed by atoms with E-state index in [9.17, 15) is 14.4 Å². The molecule has 2 N–H and O–H groups in total. The molecule has 25 heavy (non-hydrogen) atoms. The van der Waals surface area contributed by atoms with Crippen molar-refractivity contribution in [2.24, 2.45) is 11.7 Å². The smallest absolute Gasteiger partial charge is 0.305 e. The first-order valence-corrected chi connectivity index (χ1v) is 8.44. The molecule has 0 spiro atoms. The quantitative estimate of drug-likeness (QED) is 0.614. The predicted molar refractivity (Wildman–Crippen MR) is 93.7 cm³/mol. The zero-order valence-corrected chi connectivity index (χ0v) is 14.9. The lowest BCUT2D eigenvalue weighted by molar-refractivity contribution is -0.141. The Labute approximate surface area is 148 Å². The first-order chi connectivity index (χ1) is 12.0. The molecule has 0 amide bonds. The molecule has 0 aromatic heterocycles. The van der Waals surface area contributed by atoms with E-state index in [1.54, 1.807) is 0 Å². The molecule has 0 heterocycles. The maximum Gasteiger partial charge on any atom is 0.305 e. The first-order valence-electron chi connectivity index (χ1n) is 8.44. The minimum atomic E-state index is -0.738. The zero-order chi connectivity index (χ0) is 18.7. The normalized spacial score (nSPS) is 12.9. The van der Waals surface area contributed by atoms with Crippen LogP contribution >= 0.6 is 0 Å². The van der Waals surface area contributed by atoms with Gasteiger partial charge in [0.1, 0.15) is 0 Å². The second-order valence-corrected chi connectivity index (χ2v) is 5.96. The number of nitrogens with two attached hydrogens (primary N) is 1. The molecule has 1 aromatic rings. The molecular weight excluding hydrogens is 322 g/mol. The molecule has 0 aliphatic heterocycles. The zero-order valence-electron chi connectivity index (χ0n) is 14.9. The molecule has 0 fully saturated rings. The number of benzene rings is 1. The minimum absolute atomic E-state index is 0.103. The molecule has 0 saturated carbocycles. The molecule has 1 rings (SSSR count). The number of ketones is 1. The molecule has 1 aromatic carbocycles. The van der Waals surface area contributed by atoms with Crippen LogP contribution in [0.4, 0.5) is 0 Å². The molecule has 138 valence electrons. The van der Waals surface area contributed by atoms with Gasteiger partial charge in [-0.2, -0.15) is 0 Å². The molecule has 2 atom stereocenters. The van der Waals surface area contributed by atoms with Gasteiger partial charge in [-0.15, -0.1) is 0 Å². The predicted octanol–water partition coefficient (Wildman–Crippen LogP) is 2.04. The van der Waals surface area contributed by atoms with E-state index in [2.05, 4.69) is 9.47 Å². The molecular formula is C19H27NO5. The van der Waals surface area contributed by atoms with Crippen LogP contribution in [0, 0.1) is 5.92 Å². The third-order valence-corrected chi connectivity index (χ3v) is 4.20. The van der Waals surface area contributed by atoms with Crippen LogP contribution in [0.25, 0.3) is 0 Å². The summed E-state index contributed by atoms with van der Waals surface area (Å²) in [6.45, 7) is 0. The maximum atomic E-state index is 12.6. The van der Waals surface area contributed by atoms with Crippen LogP contribution in [0.1, 0.15) is 37.7 Å². The third kappa shape index (κ3) is 7.94. The Bertz CT molecular complexity index is 558. The largest absolute Gasteiger partial charge is 0.469 e. The fourth-order valence-electron chi connectivity index (χ4n) is 2.63. The highest BCUT2D eigenvalue weighted by molar-refractivity contribution is 5.87. The second-order valence-electron chi connectivity index (χ2n) is 5.96. The molecule has 2 unspecified atom stereocenters. The van der Waals surface area contributed by atoms with Gasteiger partial charge in [0.15, 0.2) is 5.78 Å². The summed E-state index contributed by atoms with van der Waals surface area (Å²) >= 11 is 0. The standard InChI is InChI=1S/C19H27NO5/c1-24-17(21)12-10-15(9-8-14-6-4-3-5-7-14)19(23)16(20)11-13-18(22)25-2/h3-7,15-16H,8-13,20H2,1-2H3. The van der Waals surface area contributed by atoms with Gasteiger partial charge in [-0.1, -0.05) is 30.3 Å². The van der Waals surface area contributed by atoms with E-state index in [0.29, 0.717) is 12.8 Å². The van der Waals surface area contributed by atoms with E-state index in [-0.39, 0.29) is 36.9 Å².